The van der Waals surface area contributed by atoms with Crippen LogP contribution in [0.25, 0.3) is 0 Å². The van der Waals surface area contributed by atoms with Gasteiger partial charge in [0.2, 0.25) is 0 Å². The summed E-state index contributed by atoms with van der Waals surface area (Å²) in [5.74, 6) is 0. The van der Waals surface area contributed by atoms with Crippen LogP contribution in [0.1, 0.15) is 34.1 Å². The Morgan fingerprint density at radius 3 is 2.44 bits per heavy atom. The molecule has 0 spiro atoms. The van der Waals surface area contributed by atoms with Crippen molar-refractivity contribution in [3.8, 4) is 0 Å². The van der Waals surface area contributed by atoms with Gasteiger partial charge in [-0.25, -0.2) is 0 Å². The highest BCUT2D eigenvalue weighted by molar-refractivity contribution is 5.31. The predicted molar refractivity (Wildman–Crippen MR) is 74.5 cm³/mol. The maximum absolute atomic E-state index is 6.22. The lowest BCUT2D eigenvalue weighted by atomic mass is 10.00. The number of aromatic nitrogens is 2. The summed E-state index contributed by atoms with van der Waals surface area (Å²) in [7, 11) is 1.95. The molecule has 1 atom stereocenters. The van der Waals surface area contributed by atoms with Crippen LogP contribution in [-0.4, -0.2) is 9.78 Å². The van der Waals surface area contributed by atoms with Crippen molar-refractivity contribution in [2.24, 2.45) is 12.8 Å². The molecule has 0 saturated carbocycles. The molecule has 1 aromatic carbocycles. The molecule has 18 heavy (non-hydrogen) atoms. The van der Waals surface area contributed by atoms with Gasteiger partial charge in [-0.3, -0.25) is 4.68 Å². The average Bonchev–Trinajstić information content (AvgIpc) is 2.65. The predicted octanol–water partition coefficient (Wildman–Crippen LogP) is 2.59. The maximum atomic E-state index is 6.22. The molecule has 2 rings (SSSR count). The molecule has 0 fully saturated rings. The Morgan fingerprint density at radius 1 is 1.17 bits per heavy atom. The molecule has 2 aromatic rings. The van der Waals surface area contributed by atoms with Crippen LogP contribution in [0.5, 0.6) is 0 Å². The zero-order valence-electron chi connectivity index (χ0n) is 11.6. The molecule has 96 valence electrons. The van der Waals surface area contributed by atoms with E-state index >= 15 is 0 Å². The van der Waals surface area contributed by atoms with Gasteiger partial charge in [0.25, 0.3) is 0 Å². The Hall–Kier alpha value is -1.61. The number of hydrogen-bond acceptors (Lipinski definition) is 2. The summed E-state index contributed by atoms with van der Waals surface area (Å²) in [5.41, 5.74) is 12.2. The first-order chi connectivity index (χ1) is 8.47. The van der Waals surface area contributed by atoms with Gasteiger partial charge in [-0.15, -0.1) is 0 Å². The van der Waals surface area contributed by atoms with Crippen molar-refractivity contribution in [1.29, 1.82) is 0 Å². The highest BCUT2D eigenvalue weighted by atomic mass is 15.3. The fourth-order valence-corrected chi connectivity index (χ4v) is 2.06. The number of nitrogens with zero attached hydrogens (tertiary/aromatic N) is 2. The van der Waals surface area contributed by atoms with Crippen molar-refractivity contribution in [1.82, 2.24) is 9.78 Å². The van der Waals surface area contributed by atoms with Crippen LogP contribution in [-0.2, 0) is 13.5 Å². The molecule has 2 N–H and O–H groups in total. The van der Waals surface area contributed by atoms with Gasteiger partial charge in [-0.05, 0) is 49.9 Å². The third-order valence-corrected chi connectivity index (χ3v) is 3.54. The van der Waals surface area contributed by atoms with Crippen molar-refractivity contribution in [2.75, 3.05) is 0 Å². The van der Waals surface area contributed by atoms with Crippen molar-refractivity contribution in [2.45, 2.75) is 33.2 Å². The molecular formula is C15H21N3. The minimum absolute atomic E-state index is 0.0352. The summed E-state index contributed by atoms with van der Waals surface area (Å²) < 4.78 is 1.87. The Kier molecular flexibility index (Phi) is 3.53. The van der Waals surface area contributed by atoms with Crippen molar-refractivity contribution in [3.63, 3.8) is 0 Å². The van der Waals surface area contributed by atoms with E-state index in [9.17, 15) is 0 Å². The number of hydrogen-bond donors (Lipinski definition) is 1. The highest BCUT2D eigenvalue weighted by Gasteiger charge is 2.12. The lowest BCUT2D eigenvalue weighted by Crippen LogP contribution is -2.14. The van der Waals surface area contributed by atoms with Crippen LogP contribution in [0.4, 0.5) is 0 Å². The van der Waals surface area contributed by atoms with Crippen molar-refractivity contribution in [3.05, 3.63) is 52.3 Å². The van der Waals surface area contributed by atoms with E-state index in [0.717, 1.165) is 17.8 Å². The molecule has 1 heterocycles. The fraction of sp³-hybridized carbons (Fsp3) is 0.400. The maximum Gasteiger partial charge on any atom is 0.0797 e. The van der Waals surface area contributed by atoms with Crippen LogP contribution >= 0.6 is 0 Å². The molecule has 1 unspecified atom stereocenters. The van der Waals surface area contributed by atoms with Gasteiger partial charge in [0.1, 0.15) is 0 Å². The van der Waals surface area contributed by atoms with Crippen LogP contribution in [0.3, 0.4) is 0 Å². The third-order valence-electron chi connectivity index (χ3n) is 3.54. The average molecular weight is 243 g/mol. The topological polar surface area (TPSA) is 43.8 Å². The summed E-state index contributed by atoms with van der Waals surface area (Å²) in [6, 6.07) is 8.54. The SMILES string of the molecule is Cc1ccc(CC(N)c2cc(C)n(C)n2)cc1C. The summed E-state index contributed by atoms with van der Waals surface area (Å²) in [4.78, 5) is 0. The van der Waals surface area contributed by atoms with Gasteiger partial charge in [0.15, 0.2) is 0 Å². The normalized spacial score (nSPS) is 12.7. The summed E-state index contributed by atoms with van der Waals surface area (Å²) >= 11 is 0. The van der Waals surface area contributed by atoms with Crippen molar-refractivity contribution >= 4 is 0 Å². The van der Waals surface area contributed by atoms with Crippen LogP contribution in [0.2, 0.25) is 0 Å². The molecule has 0 aliphatic heterocycles. The van der Waals surface area contributed by atoms with E-state index < -0.39 is 0 Å². The molecule has 0 saturated heterocycles. The van der Waals surface area contributed by atoms with E-state index in [1.54, 1.807) is 0 Å². The molecule has 0 aliphatic rings. The number of rotatable bonds is 3. The first-order valence-corrected chi connectivity index (χ1v) is 6.29. The van der Waals surface area contributed by atoms with E-state index in [4.69, 9.17) is 5.73 Å². The molecular weight excluding hydrogens is 222 g/mol. The van der Waals surface area contributed by atoms with Crippen LogP contribution < -0.4 is 5.73 Å². The lowest BCUT2D eigenvalue weighted by molar-refractivity contribution is 0.652. The van der Waals surface area contributed by atoms with Gasteiger partial charge in [0, 0.05) is 12.7 Å². The Bertz CT molecular complexity index is 535. The van der Waals surface area contributed by atoms with E-state index in [-0.39, 0.29) is 6.04 Å². The molecule has 0 aliphatic carbocycles. The fourth-order valence-electron chi connectivity index (χ4n) is 2.06. The van der Waals surface area contributed by atoms with E-state index in [1.165, 1.54) is 16.7 Å². The molecule has 3 nitrogen and oxygen atoms in total. The zero-order valence-corrected chi connectivity index (χ0v) is 11.6. The lowest BCUT2D eigenvalue weighted by Gasteiger charge is -2.10. The second-order valence-corrected chi connectivity index (χ2v) is 5.06. The van der Waals surface area contributed by atoms with E-state index in [1.807, 2.05) is 18.7 Å². The van der Waals surface area contributed by atoms with Gasteiger partial charge >= 0.3 is 0 Å². The summed E-state index contributed by atoms with van der Waals surface area (Å²) in [5, 5.41) is 4.44. The zero-order chi connectivity index (χ0) is 13.3. The largest absolute Gasteiger partial charge is 0.322 e. The molecule has 3 heteroatoms. The van der Waals surface area contributed by atoms with Crippen LogP contribution in [0.15, 0.2) is 24.3 Å². The van der Waals surface area contributed by atoms with Gasteiger partial charge < -0.3 is 5.73 Å². The second-order valence-electron chi connectivity index (χ2n) is 5.06. The Labute approximate surface area is 109 Å². The number of benzene rings is 1. The van der Waals surface area contributed by atoms with Gasteiger partial charge in [-0.1, -0.05) is 18.2 Å². The van der Waals surface area contributed by atoms with E-state index in [2.05, 4.69) is 43.2 Å². The summed E-state index contributed by atoms with van der Waals surface area (Å²) in [6.45, 7) is 6.30. The third kappa shape index (κ3) is 2.62. The minimum Gasteiger partial charge on any atom is -0.322 e. The smallest absolute Gasteiger partial charge is 0.0797 e. The molecule has 0 radical (unpaired) electrons. The summed E-state index contributed by atoms with van der Waals surface area (Å²) in [6.07, 6.45) is 0.831. The number of nitrogens with two attached hydrogens (primary N) is 1. The second kappa shape index (κ2) is 4.94. The monoisotopic (exact) mass is 243 g/mol. The van der Waals surface area contributed by atoms with Crippen molar-refractivity contribution < 1.29 is 0 Å². The molecule has 0 amide bonds. The standard InChI is InChI=1S/C15H21N3/c1-10-5-6-13(7-11(10)2)9-14(16)15-8-12(3)18(4)17-15/h5-8,14H,9,16H2,1-4H3. The Balaban J connectivity index is 2.15. The minimum atomic E-state index is -0.0352. The van der Waals surface area contributed by atoms with Gasteiger partial charge in [-0.2, -0.15) is 5.10 Å². The Morgan fingerprint density at radius 2 is 1.89 bits per heavy atom. The number of aryl methyl sites for hydroxylation is 4. The highest BCUT2D eigenvalue weighted by Crippen LogP contribution is 2.18. The quantitative estimate of drug-likeness (QED) is 0.900. The molecule has 0 bridgehead atoms. The van der Waals surface area contributed by atoms with E-state index in [0.29, 0.717) is 0 Å². The van der Waals surface area contributed by atoms with Crippen LogP contribution in [0, 0.1) is 20.8 Å². The van der Waals surface area contributed by atoms with Gasteiger partial charge in [0.05, 0.1) is 11.7 Å². The first-order valence-electron chi connectivity index (χ1n) is 6.29. The molecule has 1 aromatic heterocycles. The first kappa shape index (κ1) is 12.8.